The van der Waals surface area contributed by atoms with Crippen molar-refractivity contribution in [3.63, 3.8) is 0 Å². The van der Waals surface area contributed by atoms with Crippen LogP contribution in [-0.4, -0.2) is 24.1 Å². The maximum atomic E-state index is 12.5. The van der Waals surface area contributed by atoms with Gasteiger partial charge in [0.15, 0.2) is 5.76 Å². The second-order valence-electron chi connectivity index (χ2n) is 13.4. The molecule has 1 N–H and O–H groups in total. The molecule has 3 heteroatoms. The van der Waals surface area contributed by atoms with Crippen LogP contribution in [0.4, 0.5) is 0 Å². The van der Waals surface area contributed by atoms with E-state index < -0.39 is 0 Å². The third-order valence-corrected chi connectivity index (χ3v) is 8.23. The Morgan fingerprint density at radius 1 is 0.818 bits per heavy atom. The van der Waals surface area contributed by atoms with Gasteiger partial charge in [-0.1, -0.05) is 147 Å². The minimum atomic E-state index is -0.338. The van der Waals surface area contributed by atoms with Gasteiger partial charge in [0.2, 0.25) is 5.78 Å². The van der Waals surface area contributed by atoms with E-state index in [0.29, 0.717) is 11.7 Å². The Morgan fingerprint density at radius 2 is 1.32 bits per heavy atom. The van der Waals surface area contributed by atoms with Crippen LogP contribution >= 0.6 is 0 Å². The number of hydrogen-bond donors (Lipinski definition) is 1. The van der Waals surface area contributed by atoms with Gasteiger partial charge in [0, 0.05) is 16.9 Å². The second-order valence-corrected chi connectivity index (χ2v) is 13.4. The van der Waals surface area contributed by atoms with Crippen LogP contribution in [-0.2, 0) is 9.53 Å². The molecule has 2 rings (SSSR count). The van der Waals surface area contributed by atoms with Crippen LogP contribution in [0.3, 0.4) is 0 Å². The van der Waals surface area contributed by atoms with Gasteiger partial charge in [-0.05, 0) is 65.0 Å². The summed E-state index contributed by atoms with van der Waals surface area (Å²) in [5, 5.41) is 10.1. The first-order valence-corrected chi connectivity index (χ1v) is 15.5. The second kappa shape index (κ2) is 16.4. The Labute approximate surface area is 267 Å². The van der Waals surface area contributed by atoms with Gasteiger partial charge in [-0.25, -0.2) is 0 Å². The first kappa shape index (κ1) is 36.5. The Hall–Kier alpha value is -3.69. The molecule has 0 aromatic heterocycles. The van der Waals surface area contributed by atoms with Crippen molar-refractivity contribution in [2.24, 2.45) is 16.7 Å². The van der Waals surface area contributed by atoms with Crippen molar-refractivity contribution in [2.45, 2.75) is 81.8 Å². The zero-order valence-electron chi connectivity index (χ0n) is 28.9. The molecule has 0 fully saturated rings. The summed E-state index contributed by atoms with van der Waals surface area (Å²) in [5.41, 5.74) is 7.38. The number of carbonyl (C=O) groups is 1. The molecule has 2 atom stereocenters. The lowest BCUT2D eigenvalue weighted by Gasteiger charge is -2.38. The number of aliphatic hydroxyl groups is 1. The smallest absolute Gasteiger partial charge is 0.223 e. The molecule has 2 aliphatic rings. The Kier molecular flexibility index (Phi) is 13.6. The van der Waals surface area contributed by atoms with Gasteiger partial charge in [-0.2, -0.15) is 0 Å². The maximum Gasteiger partial charge on any atom is 0.223 e. The van der Waals surface area contributed by atoms with E-state index in [1.807, 2.05) is 31.2 Å². The van der Waals surface area contributed by atoms with E-state index in [0.717, 1.165) is 28.7 Å². The highest BCUT2D eigenvalue weighted by molar-refractivity contribution is 6.08. The first-order valence-electron chi connectivity index (χ1n) is 15.5. The van der Waals surface area contributed by atoms with Crippen LogP contribution in [0.25, 0.3) is 0 Å². The topological polar surface area (TPSA) is 46.5 Å². The summed E-state index contributed by atoms with van der Waals surface area (Å²) in [6.07, 6.45) is 33.7. The molecule has 2 aliphatic carbocycles. The van der Waals surface area contributed by atoms with E-state index in [9.17, 15) is 9.90 Å². The molecule has 0 aliphatic heterocycles. The zero-order chi connectivity index (χ0) is 33.1. The lowest BCUT2D eigenvalue weighted by molar-refractivity contribution is -0.115. The predicted molar refractivity (Wildman–Crippen MR) is 189 cm³/mol. The van der Waals surface area contributed by atoms with Crippen molar-refractivity contribution in [3.05, 3.63) is 142 Å². The molecule has 3 nitrogen and oxygen atoms in total. The standard InChI is InChI=1S/C41H54O3/c1-29(18-14-20-31(3)22-24-36-33(5)26-35(42)27-40(36,7)8)16-12-13-17-30(2)19-15-21-32(4)23-25-37-34(6)39(43)38(44-11)28-41(37,9)10/h12-26,28,35-36,42H,27H2,1-11H3/b13-12+,18-14+,19-15+,24-22+,25-23+,29-16+,30-17+,31-20+,32-21+/t35-,36+/m1/s1. The summed E-state index contributed by atoms with van der Waals surface area (Å²) < 4.78 is 5.27. The average molecular weight is 595 g/mol. The highest BCUT2D eigenvalue weighted by atomic mass is 16.5. The molecular weight excluding hydrogens is 540 g/mol. The number of methoxy groups -OCH3 is 1. The van der Waals surface area contributed by atoms with E-state index in [1.54, 1.807) is 7.11 Å². The summed E-state index contributed by atoms with van der Waals surface area (Å²) in [5.74, 6) is 0.707. The number of aliphatic hydroxyl groups excluding tert-OH is 1. The molecular formula is C41H54O3. The molecule has 0 radical (unpaired) electrons. The van der Waals surface area contributed by atoms with Crippen LogP contribution in [0.1, 0.15) is 75.7 Å². The number of ketones is 1. The fraction of sp³-hybridized carbons (Fsp3) is 0.390. The third-order valence-electron chi connectivity index (χ3n) is 8.23. The van der Waals surface area contributed by atoms with Crippen molar-refractivity contribution >= 4 is 5.78 Å². The summed E-state index contributed by atoms with van der Waals surface area (Å²) in [6, 6.07) is 0. The molecule has 0 saturated carbocycles. The van der Waals surface area contributed by atoms with Crippen molar-refractivity contribution in [1.29, 1.82) is 0 Å². The monoisotopic (exact) mass is 594 g/mol. The molecule has 0 bridgehead atoms. The average Bonchev–Trinajstić information content (AvgIpc) is 2.91. The van der Waals surface area contributed by atoms with E-state index in [1.165, 1.54) is 16.7 Å². The fourth-order valence-electron chi connectivity index (χ4n) is 5.72. The number of ether oxygens (including phenoxy) is 1. The van der Waals surface area contributed by atoms with Crippen molar-refractivity contribution < 1.29 is 14.6 Å². The van der Waals surface area contributed by atoms with Crippen LogP contribution in [0.15, 0.2) is 142 Å². The van der Waals surface area contributed by atoms with Gasteiger partial charge in [0.05, 0.1) is 13.2 Å². The molecule has 236 valence electrons. The lowest BCUT2D eigenvalue weighted by atomic mass is 9.67. The van der Waals surface area contributed by atoms with Crippen LogP contribution in [0, 0.1) is 16.7 Å². The molecule has 0 spiro atoms. The quantitative estimate of drug-likeness (QED) is 0.191. The summed E-state index contributed by atoms with van der Waals surface area (Å²) in [6.45, 7) is 21.0. The highest BCUT2D eigenvalue weighted by Gasteiger charge is 2.34. The molecule has 0 aromatic rings. The Balaban J connectivity index is 1.93. The van der Waals surface area contributed by atoms with E-state index >= 15 is 0 Å². The van der Waals surface area contributed by atoms with E-state index in [-0.39, 0.29) is 22.7 Å². The minimum absolute atomic E-state index is 0.0481. The lowest BCUT2D eigenvalue weighted by Crippen LogP contribution is -2.32. The van der Waals surface area contributed by atoms with Gasteiger partial charge in [0.1, 0.15) is 0 Å². The number of hydrogen-bond acceptors (Lipinski definition) is 3. The molecule has 44 heavy (non-hydrogen) atoms. The van der Waals surface area contributed by atoms with Gasteiger partial charge in [-0.15, -0.1) is 0 Å². The van der Waals surface area contributed by atoms with Crippen molar-refractivity contribution in [2.75, 3.05) is 7.11 Å². The minimum Gasteiger partial charge on any atom is -0.493 e. The van der Waals surface area contributed by atoms with Crippen molar-refractivity contribution in [3.8, 4) is 0 Å². The van der Waals surface area contributed by atoms with Crippen molar-refractivity contribution in [1.82, 2.24) is 0 Å². The molecule has 0 heterocycles. The number of rotatable bonds is 11. The number of allylic oxidation sites excluding steroid dienone is 22. The Bertz CT molecular complexity index is 1430. The largest absolute Gasteiger partial charge is 0.493 e. The molecule has 0 aromatic carbocycles. The first-order chi connectivity index (χ1) is 20.6. The van der Waals surface area contributed by atoms with Crippen LogP contribution < -0.4 is 0 Å². The van der Waals surface area contributed by atoms with Crippen LogP contribution in [0.2, 0.25) is 0 Å². The SMILES string of the molecule is COC1=CC(C)(C)C(/C=C/C(C)=C/C=C/C(C)=C/C=C/C=C(C)/C=C/C=C(C)/C=C/[C@H]2C(C)=C[C@@H](O)CC2(C)C)=C(C)C1=O. The van der Waals surface area contributed by atoms with Gasteiger partial charge >= 0.3 is 0 Å². The maximum absolute atomic E-state index is 12.5. The third kappa shape index (κ3) is 11.1. The van der Waals surface area contributed by atoms with Gasteiger partial charge < -0.3 is 9.84 Å². The summed E-state index contributed by atoms with van der Waals surface area (Å²) in [7, 11) is 1.54. The van der Waals surface area contributed by atoms with E-state index in [2.05, 4.69) is 135 Å². The predicted octanol–water partition coefficient (Wildman–Crippen LogP) is 10.4. The Morgan fingerprint density at radius 3 is 1.84 bits per heavy atom. The summed E-state index contributed by atoms with van der Waals surface area (Å²) >= 11 is 0. The van der Waals surface area contributed by atoms with Gasteiger partial charge in [-0.3, -0.25) is 4.79 Å². The number of carbonyl (C=O) groups excluding carboxylic acids is 1. The van der Waals surface area contributed by atoms with E-state index in [4.69, 9.17) is 4.74 Å². The molecule has 0 amide bonds. The normalized spacial score (nSPS) is 24.0. The zero-order valence-corrected chi connectivity index (χ0v) is 28.9. The number of Topliss-reactive ketones (excluding diaryl/α,β-unsaturated/α-hetero) is 1. The molecule has 0 unspecified atom stereocenters. The van der Waals surface area contributed by atoms with Crippen LogP contribution in [0.5, 0.6) is 0 Å². The molecule has 0 saturated heterocycles. The fourth-order valence-corrected chi connectivity index (χ4v) is 5.72. The highest BCUT2D eigenvalue weighted by Crippen LogP contribution is 2.42. The van der Waals surface area contributed by atoms with Gasteiger partial charge in [0.25, 0.3) is 0 Å². The summed E-state index contributed by atoms with van der Waals surface area (Å²) in [4.78, 5) is 12.5.